The van der Waals surface area contributed by atoms with Crippen molar-refractivity contribution in [3.05, 3.63) is 40.3 Å². The highest BCUT2D eigenvalue weighted by atomic mass is 16.3. The van der Waals surface area contributed by atoms with Crippen LogP contribution in [0.4, 0.5) is 0 Å². The quantitative estimate of drug-likeness (QED) is 0.582. The lowest BCUT2D eigenvalue weighted by atomic mass is 10.0. The van der Waals surface area contributed by atoms with Crippen LogP contribution in [-0.4, -0.2) is 6.04 Å². The first-order chi connectivity index (χ1) is 5.83. The monoisotopic (exact) mass is 161 g/mol. The number of fused-ring (bicyclic) bond motifs is 1. The molecule has 2 nitrogen and oxygen atoms in total. The van der Waals surface area contributed by atoms with Gasteiger partial charge in [0.05, 0.1) is 0 Å². The molecule has 0 aliphatic heterocycles. The van der Waals surface area contributed by atoms with E-state index in [-0.39, 0.29) is 6.04 Å². The largest absolute Gasteiger partial charge is 0.150 e. The number of nitroso groups, excluding NO2 is 1. The highest BCUT2D eigenvalue weighted by Gasteiger charge is 2.29. The smallest absolute Gasteiger partial charge is 0.103 e. The van der Waals surface area contributed by atoms with E-state index < -0.39 is 0 Å². The molecule has 2 rings (SSSR count). The molecule has 0 radical (unpaired) electrons. The molecule has 0 amide bonds. The maximum Gasteiger partial charge on any atom is 0.103 e. The zero-order valence-electron chi connectivity index (χ0n) is 7.03. The van der Waals surface area contributed by atoms with Gasteiger partial charge in [-0.25, -0.2) is 0 Å². The van der Waals surface area contributed by atoms with Crippen LogP contribution < -0.4 is 0 Å². The van der Waals surface area contributed by atoms with E-state index in [1.54, 1.807) is 0 Å². The molecule has 0 fully saturated rings. The molecule has 0 N–H and O–H groups in total. The van der Waals surface area contributed by atoms with Gasteiger partial charge in [0.15, 0.2) is 0 Å². The van der Waals surface area contributed by atoms with Crippen molar-refractivity contribution in [2.24, 2.45) is 5.18 Å². The molecule has 2 heteroatoms. The molecule has 12 heavy (non-hydrogen) atoms. The Bertz CT molecular complexity index is 308. The van der Waals surface area contributed by atoms with Gasteiger partial charge in [-0.05, 0) is 17.5 Å². The van der Waals surface area contributed by atoms with Gasteiger partial charge < -0.3 is 0 Å². The summed E-state index contributed by atoms with van der Waals surface area (Å²) in [5.74, 6) is 0.304. The summed E-state index contributed by atoms with van der Waals surface area (Å²) in [5, 5.41) is 3.13. The molecule has 1 aliphatic rings. The molecule has 2 atom stereocenters. The lowest BCUT2D eigenvalue weighted by Crippen LogP contribution is -2.06. The highest BCUT2D eigenvalue weighted by molar-refractivity contribution is 5.37. The van der Waals surface area contributed by atoms with Gasteiger partial charge in [0.2, 0.25) is 0 Å². The lowest BCUT2D eigenvalue weighted by Gasteiger charge is -2.05. The van der Waals surface area contributed by atoms with Crippen LogP contribution in [0.1, 0.15) is 24.0 Å². The van der Waals surface area contributed by atoms with Crippen LogP contribution >= 0.6 is 0 Å². The summed E-state index contributed by atoms with van der Waals surface area (Å²) in [4.78, 5) is 10.4. The van der Waals surface area contributed by atoms with E-state index in [0.717, 1.165) is 6.42 Å². The SMILES string of the molecule is CC1c2ccccc2CC1N=O. The molecule has 62 valence electrons. The first kappa shape index (κ1) is 7.47. The molecule has 0 bridgehead atoms. The Morgan fingerprint density at radius 1 is 1.42 bits per heavy atom. The Hall–Kier alpha value is -1.18. The number of hydrogen-bond donors (Lipinski definition) is 0. The van der Waals surface area contributed by atoms with Crippen molar-refractivity contribution in [1.82, 2.24) is 0 Å². The summed E-state index contributed by atoms with van der Waals surface area (Å²) in [7, 11) is 0. The van der Waals surface area contributed by atoms with E-state index in [1.165, 1.54) is 11.1 Å². The molecule has 0 heterocycles. The summed E-state index contributed by atoms with van der Waals surface area (Å²) < 4.78 is 0. The third-order valence-corrected chi connectivity index (χ3v) is 2.69. The predicted molar refractivity (Wildman–Crippen MR) is 48.1 cm³/mol. The second-order valence-electron chi connectivity index (χ2n) is 3.36. The first-order valence-electron chi connectivity index (χ1n) is 4.23. The van der Waals surface area contributed by atoms with Crippen molar-refractivity contribution in [3.8, 4) is 0 Å². The number of rotatable bonds is 1. The van der Waals surface area contributed by atoms with Crippen molar-refractivity contribution in [2.75, 3.05) is 0 Å². The van der Waals surface area contributed by atoms with Gasteiger partial charge in [-0.3, -0.25) is 0 Å². The van der Waals surface area contributed by atoms with E-state index in [0.29, 0.717) is 5.92 Å². The van der Waals surface area contributed by atoms with Gasteiger partial charge in [-0.2, -0.15) is 4.91 Å². The van der Waals surface area contributed by atoms with Crippen LogP contribution in [0, 0.1) is 4.91 Å². The van der Waals surface area contributed by atoms with Gasteiger partial charge in [0.25, 0.3) is 0 Å². The fourth-order valence-corrected chi connectivity index (χ4v) is 1.90. The van der Waals surface area contributed by atoms with Gasteiger partial charge in [0, 0.05) is 5.92 Å². The minimum absolute atomic E-state index is 0.0394. The second kappa shape index (κ2) is 2.70. The fraction of sp³-hybridized carbons (Fsp3) is 0.400. The van der Waals surface area contributed by atoms with E-state index in [9.17, 15) is 4.91 Å². The van der Waals surface area contributed by atoms with Crippen LogP contribution in [0.2, 0.25) is 0 Å². The minimum Gasteiger partial charge on any atom is -0.150 e. The first-order valence-corrected chi connectivity index (χ1v) is 4.23. The molecule has 0 saturated heterocycles. The van der Waals surface area contributed by atoms with Crippen molar-refractivity contribution in [2.45, 2.75) is 25.3 Å². The van der Waals surface area contributed by atoms with Crippen molar-refractivity contribution in [3.63, 3.8) is 0 Å². The number of nitrogens with zero attached hydrogens (tertiary/aromatic N) is 1. The molecule has 0 saturated carbocycles. The Labute approximate surface area is 71.6 Å². The van der Waals surface area contributed by atoms with Crippen LogP contribution in [0.3, 0.4) is 0 Å². The molecule has 1 aliphatic carbocycles. The average molecular weight is 161 g/mol. The summed E-state index contributed by atoms with van der Waals surface area (Å²) in [6.45, 7) is 2.07. The molecule has 1 aromatic carbocycles. The topological polar surface area (TPSA) is 29.4 Å². The average Bonchev–Trinajstić information content (AvgIpc) is 2.44. The van der Waals surface area contributed by atoms with Gasteiger partial charge in [-0.1, -0.05) is 36.4 Å². The number of benzene rings is 1. The fourth-order valence-electron chi connectivity index (χ4n) is 1.90. The summed E-state index contributed by atoms with van der Waals surface area (Å²) in [6, 6.07) is 8.16. The molecule has 0 spiro atoms. The molecular formula is C10H11NO. The third-order valence-electron chi connectivity index (χ3n) is 2.69. The molecule has 1 aromatic rings. The van der Waals surface area contributed by atoms with E-state index in [2.05, 4.69) is 24.2 Å². The third kappa shape index (κ3) is 0.951. The Morgan fingerprint density at radius 3 is 2.83 bits per heavy atom. The number of hydrogen-bond acceptors (Lipinski definition) is 2. The minimum atomic E-state index is -0.0394. The normalized spacial score (nSPS) is 26.8. The van der Waals surface area contributed by atoms with Crippen LogP contribution in [0.25, 0.3) is 0 Å². The van der Waals surface area contributed by atoms with Crippen molar-refractivity contribution in [1.29, 1.82) is 0 Å². The Kier molecular flexibility index (Phi) is 1.68. The lowest BCUT2D eigenvalue weighted by molar-refractivity contribution is 0.613. The highest BCUT2D eigenvalue weighted by Crippen LogP contribution is 2.34. The zero-order chi connectivity index (χ0) is 8.55. The van der Waals surface area contributed by atoms with Gasteiger partial charge >= 0.3 is 0 Å². The standard InChI is InChI=1S/C10H11NO/c1-7-9-5-3-2-4-8(9)6-10(7)11-12/h2-5,7,10H,6H2,1H3. The maximum atomic E-state index is 10.4. The zero-order valence-corrected chi connectivity index (χ0v) is 7.03. The van der Waals surface area contributed by atoms with Crippen LogP contribution in [-0.2, 0) is 6.42 Å². The van der Waals surface area contributed by atoms with E-state index in [4.69, 9.17) is 0 Å². The van der Waals surface area contributed by atoms with E-state index >= 15 is 0 Å². The van der Waals surface area contributed by atoms with E-state index in [1.807, 2.05) is 12.1 Å². The van der Waals surface area contributed by atoms with Crippen LogP contribution in [0.15, 0.2) is 29.4 Å². The van der Waals surface area contributed by atoms with Crippen molar-refractivity contribution < 1.29 is 0 Å². The van der Waals surface area contributed by atoms with Gasteiger partial charge in [0.1, 0.15) is 6.04 Å². The Morgan fingerprint density at radius 2 is 2.17 bits per heavy atom. The summed E-state index contributed by atoms with van der Waals surface area (Å²) >= 11 is 0. The maximum absolute atomic E-state index is 10.4. The molecule has 2 unspecified atom stereocenters. The molecule has 0 aromatic heterocycles. The summed E-state index contributed by atoms with van der Waals surface area (Å²) in [5.41, 5.74) is 2.58. The van der Waals surface area contributed by atoms with Gasteiger partial charge in [-0.15, -0.1) is 0 Å². The van der Waals surface area contributed by atoms with Crippen molar-refractivity contribution >= 4 is 0 Å². The Balaban J connectivity index is 2.41. The van der Waals surface area contributed by atoms with Crippen LogP contribution in [0.5, 0.6) is 0 Å². The second-order valence-corrected chi connectivity index (χ2v) is 3.36. The molecular weight excluding hydrogens is 150 g/mol. The summed E-state index contributed by atoms with van der Waals surface area (Å²) in [6.07, 6.45) is 0.820. The predicted octanol–water partition coefficient (Wildman–Crippen LogP) is 2.48.